The van der Waals surface area contributed by atoms with Crippen molar-refractivity contribution >= 4 is 34.8 Å². The van der Waals surface area contributed by atoms with Crippen molar-refractivity contribution in [1.82, 2.24) is 0 Å². The maximum Gasteiger partial charge on any atom is 0.128 e. The first-order chi connectivity index (χ1) is 10.1. The van der Waals surface area contributed by atoms with E-state index < -0.39 is 5.82 Å². The minimum atomic E-state index is -0.427. The average molecular weight is 344 g/mol. The summed E-state index contributed by atoms with van der Waals surface area (Å²) in [7, 11) is 0. The normalized spacial score (nSPS) is 9.90. The Balaban J connectivity index is 2.16. The molecule has 0 unspecified atom stereocenters. The van der Waals surface area contributed by atoms with Gasteiger partial charge < -0.3 is 4.74 Å². The average Bonchev–Trinajstić information content (AvgIpc) is 2.45. The molecule has 0 spiro atoms. The highest BCUT2D eigenvalue weighted by Crippen LogP contribution is 2.23. The van der Waals surface area contributed by atoms with Gasteiger partial charge in [0.25, 0.3) is 0 Å². The zero-order chi connectivity index (χ0) is 15.2. The van der Waals surface area contributed by atoms with Crippen molar-refractivity contribution in [2.75, 3.05) is 5.88 Å². The molecule has 2 rings (SSSR count). The van der Waals surface area contributed by atoms with Crippen LogP contribution in [0.15, 0.2) is 36.4 Å². The molecule has 108 valence electrons. The number of rotatable bonds is 3. The third-order valence-corrected chi connectivity index (χ3v) is 3.31. The molecule has 0 saturated carbocycles. The predicted molar refractivity (Wildman–Crippen MR) is 84.8 cm³/mol. The largest absolute Gasteiger partial charge is 0.489 e. The van der Waals surface area contributed by atoms with Crippen LogP contribution in [0.5, 0.6) is 5.75 Å². The monoisotopic (exact) mass is 342 g/mol. The zero-order valence-electron chi connectivity index (χ0n) is 10.8. The first kappa shape index (κ1) is 16.0. The fraction of sp³-hybridized carbons (Fsp3) is 0.125. The summed E-state index contributed by atoms with van der Waals surface area (Å²) < 4.78 is 19.0. The molecule has 2 aromatic rings. The molecule has 5 heteroatoms. The Hall–Kier alpha value is -1.40. The molecule has 0 bridgehead atoms. The zero-order valence-corrected chi connectivity index (χ0v) is 13.1. The van der Waals surface area contributed by atoms with Gasteiger partial charge in [0.1, 0.15) is 18.2 Å². The van der Waals surface area contributed by atoms with Crippen molar-refractivity contribution in [3.63, 3.8) is 0 Å². The molecule has 0 aliphatic rings. The molecule has 0 amide bonds. The lowest BCUT2D eigenvalue weighted by Crippen LogP contribution is -1.97. The van der Waals surface area contributed by atoms with Gasteiger partial charge >= 0.3 is 0 Å². The molecule has 0 aliphatic carbocycles. The van der Waals surface area contributed by atoms with E-state index in [0.717, 1.165) is 5.56 Å². The van der Waals surface area contributed by atoms with Crippen LogP contribution in [0.3, 0.4) is 0 Å². The van der Waals surface area contributed by atoms with E-state index in [0.29, 0.717) is 21.4 Å². The van der Waals surface area contributed by atoms with Crippen molar-refractivity contribution < 1.29 is 9.13 Å². The molecular weight excluding hydrogens is 334 g/mol. The second-order valence-corrected chi connectivity index (χ2v) is 5.25. The molecule has 1 nitrogen and oxygen atoms in total. The maximum atomic E-state index is 13.5. The SMILES string of the molecule is Fc1cc(C#CCCl)cc(OCc2cc(Cl)ccc2Cl)c1. The summed E-state index contributed by atoms with van der Waals surface area (Å²) in [4.78, 5) is 0. The van der Waals surface area contributed by atoms with Gasteiger partial charge in [-0.05, 0) is 30.3 Å². The Kier molecular flexibility index (Phi) is 5.76. The highest BCUT2D eigenvalue weighted by Gasteiger charge is 2.05. The van der Waals surface area contributed by atoms with Crippen molar-refractivity contribution in [2.45, 2.75) is 6.61 Å². The number of hydrogen-bond donors (Lipinski definition) is 0. The minimum Gasteiger partial charge on any atom is -0.489 e. The van der Waals surface area contributed by atoms with Gasteiger partial charge in [-0.15, -0.1) is 11.6 Å². The van der Waals surface area contributed by atoms with Crippen LogP contribution in [0.4, 0.5) is 4.39 Å². The van der Waals surface area contributed by atoms with Crippen LogP contribution >= 0.6 is 34.8 Å². The molecule has 0 atom stereocenters. The molecule has 0 N–H and O–H groups in total. The van der Waals surface area contributed by atoms with E-state index in [9.17, 15) is 4.39 Å². The summed E-state index contributed by atoms with van der Waals surface area (Å²) >= 11 is 17.4. The third kappa shape index (κ3) is 4.82. The van der Waals surface area contributed by atoms with Crippen LogP contribution < -0.4 is 4.74 Å². The minimum absolute atomic E-state index is 0.185. The predicted octanol–water partition coefficient (Wildman–Crippen LogP) is 5.30. The molecule has 0 heterocycles. The fourth-order valence-electron chi connectivity index (χ4n) is 1.67. The highest BCUT2D eigenvalue weighted by atomic mass is 35.5. The molecule has 21 heavy (non-hydrogen) atoms. The van der Waals surface area contributed by atoms with E-state index >= 15 is 0 Å². The molecule has 0 saturated heterocycles. The Morgan fingerprint density at radius 1 is 1.10 bits per heavy atom. The van der Waals surface area contributed by atoms with Gasteiger partial charge in [-0.25, -0.2) is 4.39 Å². The maximum absolute atomic E-state index is 13.5. The smallest absolute Gasteiger partial charge is 0.128 e. The summed E-state index contributed by atoms with van der Waals surface area (Å²) in [5.41, 5.74) is 1.23. The first-order valence-corrected chi connectivity index (χ1v) is 7.29. The highest BCUT2D eigenvalue weighted by molar-refractivity contribution is 6.33. The molecule has 0 aliphatic heterocycles. The van der Waals surface area contributed by atoms with Gasteiger partial charge in [0, 0.05) is 27.2 Å². The molecule has 0 radical (unpaired) electrons. The lowest BCUT2D eigenvalue weighted by molar-refractivity contribution is 0.304. The van der Waals surface area contributed by atoms with Crippen molar-refractivity contribution in [1.29, 1.82) is 0 Å². The van der Waals surface area contributed by atoms with Gasteiger partial charge in [0.2, 0.25) is 0 Å². The van der Waals surface area contributed by atoms with E-state index in [1.807, 2.05) is 0 Å². The van der Waals surface area contributed by atoms with Crippen molar-refractivity contribution in [2.24, 2.45) is 0 Å². The van der Waals surface area contributed by atoms with Gasteiger partial charge in [-0.3, -0.25) is 0 Å². The van der Waals surface area contributed by atoms with Crippen molar-refractivity contribution in [3.8, 4) is 17.6 Å². The van der Waals surface area contributed by atoms with E-state index in [1.54, 1.807) is 24.3 Å². The second kappa shape index (κ2) is 7.56. The Morgan fingerprint density at radius 2 is 1.90 bits per heavy atom. The lowest BCUT2D eigenvalue weighted by atomic mass is 10.2. The third-order valence-electron chi connectivity index (χ3n) is 2.57. The number of hydrogen-bond acceptors (Lipinski definition) is 1. The van der Waals surface area contributed by atoms with Gasteiger partial charge in [-0.2, -0.15) is 0 Å². The van der Waals surface area contributed by atoms with E-state index in [-0.39, 0.29) is 12.5 Å². The Labute approximate surface area is 137 Å². The summed E-state index contributed by atoms with van der Waals surface area (Å²) in [5.74, 6) is 5.53. The van der Waals surface area contributed by atoms with Gasteiger partial charge in [-0.1, -0.05) is 35.0 Å². The number of alkyl halides is 1. The van der Waals surface area contributed by atoms with Crippen molar-refractivity contribution in [3.05, 3.63) is 63.4 Å². The first-order valence-electron chi connectivity index (χ1n) is 6.00. The topological polar surface area (TPSA) is 9.23 Å². The van der Waals surface area contributed by atoms with Crippen LogP contribution in [-0.2, 0) is 6.61 Å². The number of benzene rings is 2. The van der Waals surface area contributed by atoms with E-state index in [4.69, 9.17) is 39.5 Å². The van der Waals surface area contributed by atoms with Crippen LogP contribution in [0.1, 0.15) is 11.1 Å². The number of ether oxygens (including phenoxy) is 1. The summed E-state index contributed by atoms with van der Waals surface area (Å²) in [5, 5.41) is 1.10. The molecule has 0 fully saturated rings. The van der Waals surface area contributed by atoms with E-state index in [1.165, 1.54) is 12.1 Å². The fourth-order valence-corrected chi connectivity index (χ4v) is 2.10. The van der Waals surface area contributed by atoms with Crippen LogP contribution in [0.25, 0.3) is 0 Å². The lowest BCUT2D eigenvalue weighted by Gasteiger charge is -2.09. The summed E-state index contributed by atoms with van der Waals surface area (Å²) in [6, 6.07) is 9.32. The quantitative estimate of drug-likeness (QED) is 0.542. The Morgan fingerprint density at radius 3 is 2.67 bits per heavy atom. The standard InChI is InChI=1S/C16H10Cl3FO/c17-5-1-2-11-6-14(20)9-15(7-11)21-10-12-8-13(18)3-4-16(12)19/h3-4,6-9H,5,10H2. The number of halogens is 4. The van der Waals surface area contributed by atoms with Crippen LogP contribution in [0.2, 0.25) is 10.0 Å². The second-order valence-electron chi connectivity index (χ2n) is 4.14. The van der Waals surface area contributed by atoms with E-state index in [2.05, 4.69) is 11.8 Å². The summed E-state index contributed by atoms with van der Waals surface area (Å²) in [6.45, 7) is 0.186. The Bertz CT molecular complexity index is 704. The van der Waals surface area contributed by atoms with Gasteiger partial charge in [0.05, 0.1) is 5.88 Å². The molecule has 0 aromatic heterocycles. The summed E-state index contributed by atoms with van der Waals surface area (Å²) in [6.07, 6.45) is 0. The molecule has 2 aromatic carbocycles. The molecular formula is C16H10Cl3FO. The van der Waals surface area contributed by atoms with Gasteiger partial charge in [0.15, 0.2) is 0 Å². The van der Waals surface area contributed by atoms with Crippen LogP contribution in [-0.4, -0.2) is 5.88 Å². The van der Waals surface area contributed by atoms with Crippen LogP contribution in [0, 0.1) is 17.7 Å².